The van der Waals surface area contributed by atoms with Gasteiger partial charge in [-0.3, -0.25) is 0 Å². The third-order valence-electron chi connectivity index (χ3n) is 2.49. The predicted octanol–water partition coefficient (Wildman–Crippen LogP) is 6.57. The molecule has 0 heterocycles. The van der Waals surface area contributed by atoms with Gasteiger partial charge in [0, 0.05) is 16.6 Å². The van der Waals surface area contributed by atoms with E-state index in [-0.39, 0.29) is 0 Å². The van der Waals surface area contributed by atoms with Crippen molar-refractivity contribution in [2.24, 2.45) is 0 Å². The third-order valence-corrected chi connectivity index (χ3v) is 4.12. The van der Waals surface area contributed by atoms with Crippen LogP contribution in [0.2, 0.25) is 25.1 Å². The van der Waals surface area contributed by atoms with E-state index in [4.69, 9.17) is 58.0 Å². The van der Waals surface area contributed by atoms with E-state index < -0.39 is 0 Å². The van der Waals surface area contributed by atoms with Crippen LogP contribution in [0.25, 0.3) is 0 Å². The molecule has 0 atom stereocenters. The van der Waals surface area contributed by atoms with E-state index in [0.717, 1.165) is 5.56 Å². The first-order valence-corrected chi connectivity index (χ1v) is 7.18. The lowest BCUT2D eigenvalue weighted by Gasteiger charge is -2.11. The highest BCUT2D eigenvalue weighted by atomic mass is 35.5. The zero-order valence-electron chi connectivity index (χ0n) is 9.48. The summed E-state index contributed by atoms with van der Waals surface area (Å²) in [5, 5.41) is 5.71. The molecule has 0 saturated carbocycles. The molecule has 2 aromatic rings. The number of halogens is 5. The van der Waals surface area contributed by atoms with Crippen LogP contribution in [-0.4, -0.2) is 0 Å². The summed E-state index contributed by atoms with van der Waals surface area (Å²) in [7, 11) is 0. The van der Waals surface area contributed by atoms with Crippen LogP contribution in [0, 0.1) is 0 Å². The Bertz CT molecular complexity index is 612. The van der Waals surface area contributed by atoms with Gasteiger partial charge in [0.05, 0.1) is 20.8 Å². The number of hydrogen-bond donors (Lipinski definition) is 1. The smallest absolute Gasteiger partial charge is 0.0653 e. The van der Waals surface area contributed by atoms with Crippen LogP contribution in [0.4, 0.5) is 5.69 Å². The molecular formula is C13H8Cl5N. The second kappa shape index (κ2) is 6.43. The molecule has 0 aromatic heterocycles. The molecule has 1 N–H and O–H groups in total. The van der Waals surface area contributed by atoms with Gasteiger partial charge in [-0.05, 0) is 29.8 Å². The first kappa shape index (κ1) is 15.1. The first-order chi connectivity index (χ1) is 8.97. The number of rotatable bonds is 3. The molecule has 0 aliphatic rings. The molecule has 0 unspecified atom stereocenters. The number of benzene rings is 2. The fraction of sp³-hybridized carbons (Fsp3) is 0.0769. The van der Waals surface area contributed by atoms with Gasteiger partial charge in [-0.15, -0.1) is 0 Å². The van der Waals surface area contributed by atoms with Gasteiger partial charge in [-0.2, -0.15) is 0 Å². The zero-order chi connectivity index (χ0) is 14.0. The third kappa shape index (κ3) is 3.84. The second-order valence-corrected chi connectivity index (χ2v) is 5.90. The predicted molar refractivity (Wildman–Crippen MR) is 85.3 cm³/mol. The lowest BCUT2D eigenvalue weighted by Crippen LogP contribution is -2.00. The molecule has 0 aliphatic heterocycles. The average Bonchev–Trinajstić information content (AvgIpc) is 2.34. The SMILES string of the molecule is Clc1ccc(CNc2cc(Cl)c(Cl)cc2Cl)c(Cl)c1. The monoisotopic (exact) mass is 353 g/mol. The van der Waals surface area contributed by atoms with Crippen molar-refractivity contribution in [3.63, 3.8) is 0 Å². The maximum atomic E-state index is 6.09. The Morgan fingerprint density at radius 2 is 1.42 bits per heavy atom. The summed E-state index contributed by atoms with van der Waals surface area (Å²) >= 11 is 29.8. The molecule has 2 rings (SSSR count). The zero-order valence-corrected chi connectivity index (χ0v) is 13.3. The van der Waals surface area contributed by atoms with Crippen LogP contribution < -0.4 is 5.32 Å². The molecule has 0 radical (unpaired) electrons. The van der Waals surface area contributed by atoms with Gasteiger partial charge in [-0.1, -0.05) is 64.1 Å². The standard InChI is InChI=1S/C13H8Cl5N/c14-8-2-1-7(9(15)3-8)6-19-13-5-11(17)10(16)4-12(13)18/h1-5,19H,6H2. The fourth-order valence-corrected chi connectivity index (χ4v) is 2.60. The summed E-state index contributed by atoms with van der Waals surface area (Å²) in [6.45, 7) is 0.508. The molecule has 1 nitrogen and oxygen atoms in total. The van der Waals surface area contributed by atoms with Gasteiger partial charge in [-0.25, -0.2) is 0 Å². The van der Waals surface area contributed by atoms with E-state index in [0.29, 0.717) is 37.3 Å². The molecule has 2 aromatic carbocycles. The molecule has 0 amide bonds. The highest BCUT2D eigenvalue weighted by Crippen LogP contribution is 2.32. The summed E-state index contributed by atoms with van der Waals surface area (Å²) in [5.74, 6) is 0. The number of nitrogens with one attached hydrogen (secondary N) is 1. The molecular weight excluding hydrogens is 347 g/mol. The Labute approximate surface area is 136 Å². The van der Waals surface area contributed by atoms with Crippen LogP contribution in [0.15, 0.2) is 30.3 Å². The lowest BCUT2D eigenvalue weighted by atomic mass is 10.2. The van der Waals surface area contributed by atoms with Gasteiger partial charge in [0.15, 0.2) is 0 Å². The summed E-state index contributed by atoms with van der Waals surface area (Å²) in [5.41, 5.74) is 1.61. The highest BCUT2D eigenvalue weighted by Gasteiger charge is 2.07. The van der Waals surface area contributed by atoms with Crippen molar-refractivity contribution in [1.29, 1.82) is 0 Å². The second-order valence-electron chi connectivity index (χ2n) is 3.84. The van der Waals surface area contributed by atoms with Crippen molar-refractivity contribution in [2.75, 3.05) is 5.32 Å². The van der Waals surface area contributed by atoms with E-state index >= 15 is 0 Å². The molecule has 0 fully saturated rings. The lowest BCUT2D eigenvalue weighted by molar-refractivity contribution is 1.15. The minimum absolute atomic E-state index is 0.418. The summed E-state index contributed by atoms with van der Waals surface area (Å²) < 4.78 is 0. The Morgan fingerprint density at radius 3 is 2.11 bits per heavy atom. The molecule has 19 heavy (non-hydrogen) atoms. The Hall–Kier alpha value is -0.310. The van der Waals surface area contributed by atoms with Crippen LogP contribution in [-0.2, 0) is 6.54 Å². The van der Waals surface area contributed by atoms with E-state index in [1.54, 1.807) is 24.3 Å². The fourth-order valence-electron chi connectivity index (χ4n) is 1.51. The Balaban J connectivity index is 2.16. The number of hydrogen-bond acceptors (Lipinski definition) is 1. The van der Waals surface area contributed by atoms with Crippen LogP contribution in [0.3, 0.4) is 0 Å². The number of anilines is 1. The van der Waals surface area contributed by atoms with Crippen LogP contribution >= 0.6 is 58.0 Å². The minimum Gasteiger partial charge on any atom is -0.380 e. The maximum Gasteiger partial charge on any atom is 0.0653 e. The van der Waals surface area contributed by atoms with Crippen molar-refractivity contribution in [1.82, 2.24) is 0 Å². The van der Waals surface area contributed by atoms with Gasteiger partial charge in [0.2, 0.25) is 0 Å². The molecule has 6 heteroatoms. The van der Waals surface area contributed by atoms with Gasteiger partial charge < -0.3 is 5.32 Å². The molecule has 0 saturated heterocycles. The highest BCUT2D eigenvalue weighted by molar-refractivity contribution is 6.44. The van der Waals surface area contributed by atoms with Gasteiger partial charge in [0.1, 0.15) is 0 Å². The topological polar surface area (TPSA) is 12.0 Å². The van der Waals surface area contributed by atoms with Crippen LogP contribution in [0.5, 0.6) is 0 Å². The molecule has 0 spiro atoms. The van der Waals surface area contributed by atoms with Crippen molar-refractivity contribution >= 4 is 63.7 Å². The van der Waals surface area contributed by atoms with E-state index in [1.807, 2.05) is 6.07 Å². The van der Waals surface area contributed by atoms with E-state index in [1.165, 1.54) is 0 Å². The summed E-state index contributed by atoms with van der Waals surface area (Å²) in [6, 6.07) is 8.59. The van der Waals surface area contributed by atoms with Gasteiger partial charge >= 0.3 is 0 Å². The summed E-state index contributed by atoms with van der Waals surface area (Å²) in [6.07, 6.45) is 0. The van der Waals surface area contributed by atoms with Gasteiger partial charge in [0.25, 0.3) is 0 Å². The van der Waals surface area contributed by atoms with E-state index in [9.17, 15) is 0 Å². The maximum absolute atomic E-state index is 6.09. The average molecular weight is 355 g/mol. The molecule has 0 aliphatic carbocycles. The normalized spacial score (nSPS) is 10.6. The Morgan fingerprint density at radius 1 is 0.737 bits per heavy atom. The molecule has 100 valence electrons. The summed E-state index contributed by atoms with van der Waals surface area (Å²) in [4.78, 5) is 0. The van der Waals surface area contributed by atoms with Crippen molar-refractivity contribution in [2.45, 2.75) is 6.54 Å². The van der Waals surface area contributed by atoms with Crippen LogP contribution in [0.1, 0.15) is 5.56 Å². The van der Waals surface area contributed by atoms with Crippen molar-refractivity contribution in [3.05, 3.63) is 61.0 Å². The minimum atomic E-state index is 0.418. The van der Waals surface area contributed by atoms with E-state index in [2.05, 4.69) is 5.32 Å². The first-order valence-electron chi connectivity index (χ1n) is 5.29. The van der Waals surface area contributed by atoms with Crippen molar-refractivity contribution < 1.29 is 0 Å². The quantitative estimate of drug-likeness (QED) is 0.614. The largest absolute Gasteiger partial charge is 0.380 e. The Kier molecular flexibility index (Phi) is 5.10. The molecule has 0 bridgehead atoms. The van der Waals surface area contributed by atoms with Crippen molar-refractivity contribution in [3.8, 4) is 0 Å².